The summed E-state index contributed by atoms with van der Waals surface area (Å²) in [5.41, 5.74) is 1.43. The molecular formula is C11H15BrN2OS. The topological polar surface area (TPSA) is 48.3 Å². The van der Waals surface area contributed by atoms with E-state index in [0.717, 1.165) is 10.3 Å². The third kappa shape index (κ3) is 3.88. The summed E-state index contributed by atoms with van der Waals surface area (Å²) in [5.74, 6) is 0. The van der Waals surface area contributed by atoms with Crippen molar-refractivity contribution in [1.29, 1.82) is 0 Å². The van der Waals surface area contributed by atoms with E-state index in [1.165, 1.54) is 0 Å². The maximum Gasteiger partial charge on any atom is 0.144 e. The summed E-state index contributed by atoms with van der Waals surface area (Å²) in [4.78, 5) is 4.26. The molecule has 0 aromatic carbocycles. The zero-order valence-electron chi connectivity index (χ0n) is 9.82. The zero-order valence-corrected chi connectivity index (χ0v) is 12.2. The lowest BCUT2D eigenvalue weighted by molar-refractivity contribution is 0.561. The number of aromatic nitrogens is 1. The summed E-state index contributed by atoms with van der Waals surface area (Å²) in [7, 11) is 0. The van der Waals surface area contributed by atoms with Gasteiger partial charge in [0.2, 0.25) is 0 Å². The van der Waals surface area contributed by atoms with Crippen molar-refractivity contribution >= 4 is 33.0 Å². The van der Waals surface area contributed by atoms with E-state index >= 15 is 0 Å². The predicted molar refractivity (Wildman–Crippen MR) is 72.0 cm³/mol. The molecule has 88 valence electrons. The van der Waals surface area contributed by atoms with Gasteiger partial charge in [-0.05, 0) is 55.8 Å². The molecule has 1 heterocycles. The van der Waals surface area contributed by atoms with Gasteiger partial charge in [-0.2, -0.15) is 0 Å². The van der Waals surface area contributed by atoms with Gasteiger partial charge in [0.05, 0.1) is 5.69 Å². The van der Waals surface area contributed by atoms with Gasteiger partial charge in [-0.1, -0.05) is 10.5 Å². The van der Waals surface area contributed by atoms with Crippen LogP contribution >= 0.6 is 15.9 Å². The summed E-state index contributed by atoms with van der Waals surface area (Å²) < 4.78 is 16.4. The van der Waals surface area contributed by atoms with Crippen LogP contribution in [0.15, 0.2) is 27.2 Å². The lowest BCUT2D eigenvalue weighted by Gasteiger charge is -2.18. The predicted octanol–water partition coefficient (Wildman–Crippen LogP) is 3.12. The lowest BCUT2D eigenvalue weighted by atomic mass is 10.3. The van der Waals surface area contributed by atoms with E-state index in [4.69, 9.17) is 0 Å². The number of hydrogen-bond donors (Lipinski definition) is 0. The summed E-state index contributed by atoms with van der Waals surface area (Å²) in [6, 6.07) is 5.58. The molecule has 1 aromatic rings. The van der Waals surface area contributed by atoms with E-state index in [-0.39, 0.29) is 4.75 Å². The second-order valence-corrected chi connectivity index (χ2v) is 7.10. The second-order valence-electron chi connectivity index (χ2n) is 4.38. The minimum Gasteiger partial charge on any atom is -0.591 e. The average molecular weight is 303 g/mol. The van der Waals surface area contributed by atoms with Crippen LogP contribution in [0.25, 0.3) is 0 Å². The fourth-order valence-electron chi connectivity index (χ4n) is 0.918. The van der Waals surface area contributed by atoms with Crippen LogP contribution in [0.4, 0.5) is 0 Å². The molecule has 0 unspecified atom stereocenters. The molecule has 16 heavy (non-hydrogen) atoms. The standard InChI is InChI=1S/C11H15BrN2OS/c1-8(14-16(15)11(2,3)4)9-6-5-7-10(12)13-9/h5-7H,1-4H3/b14-8+/t16-/m1/s1. The Kier molecular flexibility index (Phi) is 4.52. The average Bonchev–Trinajstić information content (AvgIpc) is 2.16. The van der Waals surface area contributed by atoms with Crippen LogP contribution in [0.3, 0.4) is 0 Å². The third-order valence-corrected chi connectivity index (χ3v) is 3.76. The number of nitrogens with zero attached hydrogens (tertiary/aromatic N) is 2. The van der Waals surface area contributed by atoms with Crippen LogP contribution in [-0.2, 0) is 11.4 Å². The largest absolute Gasteiger partial charge is 0.591 e. The Morgan fingerprint density at radius 1 is 1.44 bits per heavy atom. The Bertz CT molecular complexity index is 401. The molecule has 0 saturated carbocycles. The second kappa shape index (κ2) is 5.29. The van der Waals surface area contributed by atoms with Crippen LogP contribution < -0.4 is 0 Å². The van der Waals surface area contributed by atoms with Crippen molar-refractivity contribution in [2.45, 2.75) is 32.4 Å². The SMILES string of the molecule is C/C(=N\[S@+]([O-])C(C)(C)C)c1cccc(Br)n1. The number of hydrogen-bond acceptors (Lipinski definition) is 3. The molecule has 1 rings (SSSR count). The van der Waals surface area contributed by atoms with Gasteiger partial charge in [0.15, 0.2) is 0 Å². The highest BCUT2D eigenvalue weighted by Gasteiger charge is 2.26. The molecule has 0 aliphatic heterocycles. The van der Waals surface area contributed by atoms with Crippen LogP contribution in [0.2, 0.25) is 0 Å². The highest BCUT2D eigenvalue weighted by atomic mass is 79.9. The van der Waals surface area contributed by atoms with Crippen molar-refractivity contribution in [3.8, 4) is 0 Å². The Labute approximate surface area is 108 Å². The summed E-state index contributed by atoms with van der Waals surface area (Å²) in [6.45, 7) is 7.51. The molecule has 1 aromatic heterocycles. The summed E-state index contributed by atoms with van der Waals surface area (Å²) >= 11 is 2.05. The van der Waals surface area contributed by atoms with Crippen molar-refractivity contribution in [2.75, 3.05) is 0 Å². The van der Waals surface area contributed by atoms with E-state index in [1.807, 2.05) is 45.9 Å². The van der Waals surface area contributed by atoms with E-state index in [0.29, 0.717) is 5.71 Å². The van der Waals surface area contributed by atoms with Crippen molar-refractivity contribution < 1.29 is 4.55 Å². The summed E-state index contributed by atoms with van der Waals surface area (Å²) in [6.07, 6.45) is 0. The third-order valence-electron chi connectivity index (χ3n) is 1.83. The van der Waals surface area contributed by atoms with Crippen LogP contribution in [0, 0.1) is 0 Å². The number of halogens is 1. The van der Waals surface area contributed by atoms with Gasteiger partial charge in [0.25, 0.3) is 0 Å². The van der Waals surface area contributed by atoms with E-state index in [9.17, 15) is 4.55 Å². The fraction of sp³-hybridized carbons (Fsp3) is 0.455. The van der Waals surface area contributed by atoms with E-state index in [1.54, 1.807) is 0 Å². The molecule has 0 N–H and O–H groups in total. The molecular weight excluding hydrogens is 288 g/mol. The lowest BCUT2D eigenvalue weighted by Crippen LogP contribution is -2.26. The van der Waals surface area contributed by atoms with E-state index in [2.05, 4.69) is 25.3 Å². The van der Waals surface area contributed by atoms with Gasteiger partial charge < -0.3 is 4.55 Å². The van der Waals surface area contributed by atoms with Crippen molar-refractivity contribution in [3.05, 3.63) is 28.5 Å². The minimum absolute atomic E-state index is 0.340. The Balaban J connectivity index is 2.94. The molecule has 0 spiro atoms. The van der Waals surface area contributed by atoms with Gasteiger partial charge in [-0.3, -0.25) is 0 Å². The number of rotatable bonds is 2. The smallest absolute Gasteiger partial charge is 0.144 e. The highest BCUT2D eigenvalue weighted by Crippen LogP contribution is 2.18. The summed E-state index contributed by atoms with van der Waals surface area (Å²) in [5, 5.41) is 0. The Morgan fingerprint density at radius 3 is 2.56 bits per heavy atom. The maximum absolute atomic E-state index is 11.8. The van der Waals surface area contributed by atoms with Crippen LogP contribution in [0.5, 0.6) is 0 Å². The van der Waals surface area contributed by atoms with Crippen LogP contribution in [0.1, 0.15) is 33.4 Å². The first-order chi connectivity index (χ1) is 7.30. The van der Waals surface area contributed by atoms with Gasteiger partial charge >= 0.3 is 0 Å². The maximum atomic E-state index is 11.8. The molecule has 0 fully saturated rings. The van der Waals surface area contributed by atoms with Crippen molar-refractivity contribution in [2.24, 2.45) is 4.40 Å². The molecule has 1 atom stereocenters. The van der Waals surface area contributed by atoms with E-state index < -0.39 is 11.4 Å². The monoisotopic (exact) mass is 302 g/mol. The van der Waals surface area contributed by atoms with Crippen molar-refractivity contribution in [1.82, 2.24) is 4.98 Å². The molecule has 0 aliphatic carbocycles. The highest BCUT2D eigenvalue weighted by molar-refractivity contribution is 9.10. The molecule has 0 saturated heterocycles. The van der Waals surface area contributed by atoms with Gasteiger partial charge in [-0.25, -0.2) is 4.98 Å². The minimum atomic E-state index is -1.24. The molecule has 0 aliphatic rings. The molecule has 0 radical (unpaired) electrons. The fourth-order valence-corrected chi connectivity index (χ4v) is 1.88. The number of pyridine rings is 1. The first kappa shape index (κ1) is 13.7. The Hall–Kier alpha value is -0.390. The molecule has 5 heteroatoms. The Morgan fingerprint density at radius 2 is 2.06 bits per heavy atom. The zero-order chi connectivity index (χ0) is 12.3. The van der Waals surface area contributed by atoms with Crippen molar-refractivity contribution in [3.63, 3.8) is 0 Å². The van der Waals surface area contributed by atoms with Crippen LogP contribution in [-0.4, -0.2) is 20.0 Å². The van der Waals surface area contributed by atoms with Gasteiger partial charge in [0.1, 0.15) is 26.4 Å². The molecule has 3 nitrogen and oxygen atoms in total. The van der Waals surface area contributed by atoms with Gasteiger partial charge in [0, 0.05) is 0 Å². The first-order valence-electron chi connectivity index (χ1n) is 4.91. The first-order valence-corrected chi connectivity index (χ1v) is 6.81. The quantitative estimate of drug-likeness (QED) is 0.479. The van der Waals surface area contributed by atoms with Gasteiger partial charge in [-0.15, -0.1) is 0 Å². The molecule has 0 bridgehead atoms. The molecule has 0 amide bonds. The normalized spacial score (nSPS) is 15.0.